The van der Waals surface area contributed by atoms with Gasteiger partial charge in [0.25, 0.3) is 0 Å². The highest BCUT2D eigenvalue weighted by Gasteiger charge is 2.10. The molecule has 0 amide bonds. The summed E-state index contributed by atoms with van der Waals surface area (Å²) in [5.74, 6) is 0. The van der Waals surface area contributed by atoms with Crippen LogP contribution in [0.25, 0.3) is 0 Å². The first-order valence-corrected chi connectivity index (χ1v) is 6.69. The van der Waals surface area contributed by atoms with Crippen molar-refractivity contribution in [3.63, 3.8) is 0 Å². The third-order valence-corrected chi connectivity index (χ3v) is 4.03. The van der Waals surface area contributed by atoms with Crippen LogP contribution in [-0.2, 0) is 12.8 Å². The summed E-state index contributed by atoms with van der Waals surface area (Å²) in [6.45, 7) is 4.10. The van der Waals surface area contributed by atoms with Gasteiger partial charge < -0.3 is 5.11 Å². The Morgan fingerprint density at radius 2 is 2.00 bits per heavy atom. The van der Waals surface area contributed by atoms with Gasteiger partial charge in [-0.15, -0.1) is 11.3 Å². The fourth-order valence-corrected chi connectivity index (χ4v) is 2.70. The minimum Gasteiger partial charge on any atom is -0.388 e. The van der Waals surface area contributed by atoms with Crippen LogP contribution in [0.2, 0.25) is 0 Å². The van der Waals surface area contributed by atoms with Crippen molar-refractivity contribution in [1.82, 2.24) is 4.98 Å². The molecule has 2 heterocycles. The lowest BCUT2D eigenvalue weighted by atomic mass is 10.1. The van der Waals surface area contributed by atoms with Gasteiger partial charge in [0.05, 0.1) is 6.10 Å². The van der Waals surface area contributed by atoms with Crippen LogP contribution in [0.3, 0.4) is 0 Å². The molecule has 1 unspecified atom stereocenters. The normalized spacial score (nSPS) is 12.6. The molecule has 2 aromatic rings. The molecule has 0 saturated heterocycles. The first kappa shape index (κ1) is 12.3. The second kappa shape index (κ2) is 5.43. The second-order valence-corrected chi connectivity index (χ2v) is 5.43. The maximum atomic E-state index is 10.1. The molecule has 17 heavy (non-hydrogen) atoms. The van der Waals surface area contributed by atoms with Crippen LogP contribution in [0.4, 0.5) is 0 Å². The molecule has 2 nitrogen and oxygen atoms in total. The minimum absolute atomic E-state index is 0.452. The third kappa shape index (κ3) is 3.14. The highest BCUT2D eigenvalue weighted by Crippen LogP contribution is 2.23. The topological polar surface area (TPSA) is 33.1 Å². The zero-order valence-electron chi connectivity index (χ0n) is 10.2. The molecule has 0 aliphatic carbocycles. The summed E-state index contributed by atoms with van der Waals surface area (Å²) < 4.78 is 0. The van der Waals surface area contributed by atoms with E-state index in [1.807, 2.05) is 19.1 Å². The summed E-state index contributed by atoms with van der Waals surface area (Å²) in [5, 5.41) is 10.1. The van der Waals surface area contributed by atoms with Crippen molar-refractivity contribution in [2.24, 2.45) is 0 Å². The smallest absolute Gasteiger partial charge is 0.0853 e. The number of aromatic nitrogens is 1. The van der Waals surface area contributed by atoms with Gasteiger partial charge in [0.2, 0.25) is 0 Å². The first-order chi connectivity index (χ1) is 8.19. The van der Waals surface area contributed by atoms with Crippen molar-refractivity contribution in [3.8, 4) is 0 Å². The number of aliphatic hydroxyl groups is 1. The lowest BCUT2D eigenvalue weighted by Crippen LogP contribution is -2.01. The third-order valence-electron chi connectivity index (χ3n) is 2.78. The maximum absolute atomic E-state index is 10.1. The molecule has 0 aliphatic rings. The average molecular weight is 247 g/mol. The van der Waals surface area contributed by atoms with E-state index < -0.39 is 6.10 Å². The van der Waals surface area contributed by atoms with Crippen LogP contribution in [0, 0.1) is 6.92 Å². The number of rotatable bonds is 4. The lowest BCUT2D eigenvalue weighted by Gasteiger charge is -2.09. The number of thiophene rings is 1. The quantitative estimate of drug-likeness (QED) is 0.899. The van der Waals surface area contributed by atoms with E-state index in [0.29, 0.717) is 6.42 Å². The van der Waals surface area contributed by atoms with Gasteiger partial charge in [0.15, 0.2) is 0 Å². The molecule has 2 rings (SSSR count). The number of aliphatic hydroxyl groups excluding tert-OH is 1. The van der Waals surface area contributed by atoms with Crippen molar-refractivity contribution in [2.75, 3.05) is 0 Å². The zero-order chi connectivity index (χ0) is 12.3. The predicted molar refractivity (Wildman–Crippen MR) is 71.3 cm³/mol. The van der Waals surface area contributed by atoms with E-state index in [0.717, 1.165) is 17.7 Å². The summed E-state index contributed by atoms with van der Waals surface area (Å²) in [5.41, 5.74) is 1.87. The van der Waals surface area contributed by atoms with Crippen LogP contribution in [-0.4, -0.2) is 10.1 Å². The van der Waals surface area contributed by atoms with E-state index in [1.54, 1.807) is 17.5 Å². The van der Waals surface area contributed by atoms with Crippen molar-refractivity contribution in [1.29, 1.82) is 0 Å². The molecule has 0 bridgehead atoms. The Morgan fingerprint density at radius 1 is 1.24 bits per heavy atom. The summed E-state index contributed by atoms with van der Waals surface area (Å²) in [6.07, 6.45) is 3.04. The molecule has 0 aromatic carbocycles. The molecule has 1 atom stereocenters. The van der Waals surface area contributed by atoms with Crippen molar-refractivity contribution in [3.05, 3.63) is 51.5 Å². The van der Waals surface area contributed by atoms with Crippen LogP contribution in [0.5, 0.6) is 0 Å². The molecule has 0 saturated carbocycles. The summed E-state index contributed by atoms with van der Waals surface area (Å²) in [7, 11) is 0. The van der Waals surface area contributed by atoms with Gasteiger partial charge in [0.1, 0.15) is 0 Å². The standard InChI is InChI=1S/C14H17NOS/c1-3-12-6-7-13(17-12)8-14(16)11-5-4-10(2)15-9-11/h4-7,9,14,16H,3,8H2,1-2H3. The van der Waals surface area contributed by atoms with Crippen LogP contribution in [0.15, 0.2) is 30.5 Å². The Morgan fingerprint density at radius 3 is 2.59 bits per heavy atom. The van der Waals surface area contributed by atoms with Gasteiger partial charge in [-0.05, 0) is 37.1 Å². The molecule has 0 aliphatic heterocycles. The largest absolute Gasteiger partial charge is 0.388 e. The molecular formula is C14H17NOS. The van der Waals surface area contributed by atoms with Crippen molar-refractivity contribution >= 4 is 11.3 Å². The molecule has 0 fully saturated rings. The number of hydrogen-bond donors (Lipinski definition) is 1. The average Bonchev–Trinajstić information content (AvgIpc) is 2.77. The van der Waals surface area contributed by atoms with Gasteiger partial charge in [-0.2, -0.15) is 0 Å². The highest BCUT2D eigenvalue weighted by molar-refractivity contribution is 7.11. The van der Waals surface area contributed by atoms with E-state index in [-0.39, 0.29) is 0 Å². The van der Waals surface area contributed by atoms with E-state index in [4.69, 9.17) is 0 Å². The van der Waals surface area contributed by atoms with Gasteiger partial charge in [-0.3, -0.25) is 4.98 Å². The van der Waals surface area contributed by atoms with Crippen LogP contribution >= 0.6 is 11.3 Å². The number of aryl methyl sites for hydroxylation is 2. The van der Waals surface area contributed by atoms with Crippen molar-refractivity contribution < 1.29 is 5.11 Å². The van der Waals surface area contributed by atoms with E-state index >= 15 is 0 Å². The molecule has 90 valence electrons. The Hall–Kier alpha value is -1.19. The van der Waals surface area contributed by atoms with Gasteiger partial charge in [-0.25, -0.2) is 0 Å². The van der Waals surface area contributed by atoms with E-state index in [9.17, 15) is 5.11 Å². The maximum Gasteiger partial charge on any atom is 0.0853 e. The minimum atomic E-state index is -0.452. The zero-order valence-corrected chi connectivity index (χ0v) is 11.0. The highest BCUT2D eigenvalue weighted by atomic mass is 32.1. The van der Waals surface area contributed by atoms with Crippen molar-refractivity contribution in [2.45, 2.75) is 32.8 Å². The molecule has 0 radical (unpaired) electrons. The summed E-state index contributed by atoms with van der Waals surface area (Å²) in [6, 6.07) is 8.13. The Bertz CT molecular complexity index is 475. The summed E-state index contributed by atoms with van der Waals surface area (Å²) >= 11 is 1.78. The van der Waals surface area contributed by atoms with Gasteiger partial charge in [0, 0.05) is 28.1 Å². The van der Waals surface area contributed by atoms with Crippen LogP contribution < -0.4 is 0 Å². The van der Waals surface area contributed by atoms with Gasteiger partial charge in [-0.1, -0.05) is 13.0 Å². The van der Waals surface area contributed by atoms with E-state index in [2.05, 4.69) is 24.0 Å². The Kier molecular flexibility index (Phi) is 3.92. The Balaban J connectivity index is 2.05. The molecule has 3 heteroatoms. The number of nitrogens with zero attached hydrogens (tertiary/aromatic N) is 1. The lowest BCUT2D eigenvalue weighted by molar-refractivity contribution is 0.179. The Labute approximate surface area is 106 Å². The fraction of sp³-hybridized carbons (Fsp3) is 0.357. The summed E-state index contributed by atoms with van der Waals surface area (Å²) in [4.78, 5) is 6.81. The van der Waals surface area contributed by atoms with E-state index in [1.165, 1.54) is 9.75 Å². The molecule has 2 aromatic heterocycles. The van der Waals surface area contributed by atoms with Crippen LogP contribution in [0.1, 0.15) is 34.0 Å². The molecular weight excluding hydrogens is 230 g/mol. The molecule has 1 N–H and O–H groups in total. The monoisotopic (exact) mass is 247 g/mol. The number of pyridine rings is 1. The predicted octanol–water partition coefficient (Wildman–Crippen LogP) is 3.29. The second-order valence-electron chi connectivity index (χ2n) is 4.17. The molecule has 0 spiro atoms. The number of hydrogen-bond acceptors (Lipinski definition) is 3. The first-order valence-electron chi connectivity index (χ1n) is 5.87. The van der Waals surface area contributed by atoms with Gasteiger partial charge >= 0.3 is 0 Å². The fourth-order valence-electron chi connectivity index (χ4n) is 1.71. The SMILES string of the molecule is CCc1ccc(CC(O)c2ccc(C)nc2)s1.